The van der Waals surface area contributed by atoms with E-state index in [0.717, 1.165) is 49.4 Å². The van der Waals surface area contributed by atoms with Gasteiger partial charge in [-0.3, -0.25) is 0 Å². The van der Waals surface area contributed by atoms with Crippen LogP contribution in [0.25, 0.3) is 0 Å². The van der Waals surface area contributed by atoms with Crippen molar-refractivity contribution >= 4 is 5.69 Å². The van der Waals surface area contributed by atoms with Crippen LogP contribution in [0.2, 0.25) is 0 Å². The lowest BCUT2D eigenvalue weighted by atomic mass is 10.2. The van der Waals surface area contributed by atoms with Crippen LogP contribution in [0.1, 0.15) is 24.8 Å². The molecule has 1 aromatic rings. The highest BCUT2D eigenvalue weighted by molar-refractivity contribution is 5.49. The molecule has 0 bridgehead atoms. The minimum atomic E-state index is 0.753. The van der Waals surface area contributed by atoms with E-state index in [1.165, 1.54) is 0 Å². The Morgan fingerprint density at radius 2 is 2.00 bits per heavy atom. The summed E-state index contributed by atoms with van der Waals surface area (Å²) in [6.07, 6.45) is 3.26. The van der Waals surface area contributed by atoms with E-state index >= 15 is 0 Å². The van der Waals surface area contributed by atoms with E-state index in [-0.39, 0.29) is 0 Å². The van der Waals surface area contributed by atoms with Gasteiger partial charge in [-0.25, -0.2) is 0 Å². The van der Waals surface area contributed by atoms with Crippen molar-refractivity contribution in [3.63, 3.8) is 0 Å². The van der Waals surface area contributed by atoms with Crippen LogP contribution in [0, 0.1) is 6.92 Å². The summed E-state index contributed by atoms with van der Waals surface area (Å²) in [7, 11) is 0. The zero-order valence-electron chi connectivity index (χ0n) is 9.33. The first-order valence-corrected chi connectivity index (χ1v) is 5.43. The Kier molecular flexibility index (Phi) is 4.98. The van der Waals surface area contributed by atoms with Crippen LogP contribution in [0.15, 0.2) is 18.2 Å². The van der Waals surface area contributed by atoms with Gasteiger partial charge in [-0.05, 0) is 56.5 Å². The number of anilines is 1. The average Bonchev–Trinajstić information content (AvgIpc) is 2.23. The smallest absolute Gasteiger partial charge is 0.119 e. The average molecular weight is 208 g/mol. The van der Waals surface area contributed by atoms with Gasteiger partial charge in [0.15, 0.2) is 0 Å². The van der Waals surface area contributed by atoms with E-state index < -0.39 is 0 Å². The first-order chi connectivity index (χ1) is 7.24. The van der Waals surface area contributed by atoms with Crippen LogP contribution in [0.5, 0.6) is 5.75 Å². The number of hydrogen-bond donors (Lipinski definition) is 2. The molecule has 1 rings (SSSR count). The topological polar surface area (TPSA) is 61.3 Å². The molecule has 0 amide bonds. The molecule has 1 aromatic carbocycles. The number of aryl methyl sites for hydroxylation is 1. The van der Waals surface area contributed by atoms with Gasteiger partial charge in [0.2, 0.25) is 0 Å². The maximum Gasteiger partial charge on any atom is 0.119 e. The number of rotatable bonds is 6. The van der Waals surface area contributed by atoms with Gasteiger partial charge in [0, 0.05) is 5.69 Å². The lowest BCUT2D eigenvalue weighted by molar-refractivity contribution is 0.305. The van der Waals surface area contributed by atoms with Gasteiger partial charge in [0.1, 0.15) is 5.75 Å². The number of unbranched alkanes of at least 4 members (excludes halogenated alkanes) is 2. The van der Waals surface area contributed by atoms with Crippen molar-refractivity contribution in [2.75, 3.05) is 18.9 Å². The Morgan fingerprint density at radius 1 is 1.20 bits per heavy atom. The minimum Gasteiger partial charge on any atom is -0.494 e. The Balaban J connectivity index is 2.28. The highest BCUT2D eigenvalue weighted by Gasteiger charge is 1.97. The molecule has 0 aromatic heterocycles. The van der Waals surface area contributed by atoms with Crippen LogP contribution >= 0.6 is 0 Å². The molecule has 0 atom stereocenters. The Bertz CT molecular complexity index is 300. The molecule has 0 aliphatic carbocycles. The summed E-state index contributed by atoms with van der Waals surface area (Å²) in [6.45, 7) is 3.50. The van der Waals surface area contributed by atoms with Gasteiger partial charge < -0.3 is 16.2 Å². The second kappa shape index (κ2) is 6.30. The van der Waals surface area contributed by atoms with Crippen molar-refractivity contribution in [2.45, 2.75) is 26.2 Å². The summed E-state index contributed by atoms with van der Waals surface area (Å²) in [6, 6.07) is 5.76. The Labute approximate surface area is 91.4 Å². The number of ether oxygens (including phenoxy) is 1. The quantitative estimate of drug-likeness (QED) is 0.556. The predicted octanol–water partition coefficient (Wildman–Crippen LogP) is 2.09. The molecule has 0 fully saturated rings. The fourth-order valence-corrected chi connectivity index (χ4v) is 1.35. The van der Waals surface area contributed by atoms with Gasteiger partial charge in [0.05, 0.1) is 6.61 Å². The molecule has 3 nitrogen and oxygen atoms in total. The Morgan fingerprint density at radius 3 is 2.67 bits per heavy atom. The van der Waals surface area contributed by atoms with E-state index in [1.807, 2.05) is 25.1 Å². The zero-order valence-corrected chi connectivity index (χ0v) is 9.33. The molecule has 15 heavy (non-hydrogen) atoms. The number of hydrogen-bond acceptors (Lipinski definition) is 3. The van der Waals surface area contributed by atoms with Crippen molar-refractivity contribution in [3.05, 3.63) is 23.8 Å². The largest absolute Gasteiger partial charge is 0.494 e. The molecular weight excluding hydrogens is 188 g/mol. The molecule has 0 saturated carbocycles. The first-order valence-electron chi connectivity index (χ1n) is 5.43. The van der Waals surface area contributed by atoms with Gasteiger partial charge in [-0.1, -0.05) is 0 Å². The van der Waals surface area contributed by atoms with Gasteiger partial charge >= 0.3 is 0 Å². The summed E-state index contributed by atoms with van der Waals surface area (Å²) in [5.74, 6) is 0.898. The summed E-state index contributed by atoms with van der Waals surface area (Å²) < 4.78 is 5.59. The van der Waals surface area contributed by atoms with Crippen molar-refractivity contribution < 1.29 is 4.74 Å². The highest BCUT2D eigenvalue weighted by atomic mass is 16.5. The van der Waals surface area contributed by atoms with Crippen LogP contribution in [0.3, 0.4) is 0 Å². The maximum atomic E-state index is 5.71. The van der Waals surface area contributed by atoms with Crippen LogP contribution in [-0.4, -0.2) is 13.2 Å². The van der Waals surface area contributed by atoms with E-state index in [1.54, 1.807) is 0 Å². The summed E-state index contributed by atoms with van der Waals surface area (Å²) >= 11 is 0. The molecule has 0 aliphatic heterocycles. The molecule has 0 aliphatic rings. The van der Waals surface area contributed by atoms with Crippen LogP contribution < -0.4 is 16.2 Å². The lowest BCUT2D eigenvalue weighted by Crippen LogP contribution is -2.02. The molecule has 0 spiro atoms. The second-order valence-corrected chi connectivity index (χ2v) is 3.72. The third-order valence-corrected chi connectivity index (χ3v) is 2.36. The zero-order chi connectivity index (χ0) is 11.1. The van der Waals surface area contributed by atoms with E-state index in [9.17, 15) is 0 Å². The monoisotopic (exact) mass is 208 g/mol. The van der Waals surface area contributed by atoms with Gasteiger partial charge in [-0.15, -0.1) is 0 Å². The third kappa shape index (κ3) is 4.21. The summed E-state index contributed by atoms with van der Waals surface area (Å²) in [5.41, 5.74) is 13.0. The van der Waals surface area contributed by atoms with Gasteiger partial charge in [0.25, 0.3) is 0 Å². The molecule has 0 heterocycles. The van der Waals surface area contributed by atoms with Crippen LogP contribution in [0.4, 0.5) is 5.69 Å². The summed E-state index contributed by atoms with van der Waals surface area (Å²) in [5, 5.41) is 0. The maximum absolute atomic E-state index is 5.71. The van der Waals surface area contributed by atoms with Crippen molar-refractivity contribution in [1.82, 2.24) is 0 Å². The molecule has 84 valence electrons. The standard InChI is InChI=1S/C12H20N2O/c1-10-9-11(5-6-12(10)14)15-8-4-2-3-7-13/h5-6,9H,2-4,7-8,13-14H2,1H3. The number of nitrogen functional groups attached to an aromatic ring is 1. The predicted molar refractivity (Wildman–Crippen MR) is 64.0 cm³/mol. The second-order valence-electron chi connectivity index (χ2n) is 3.72. The minimum absolute atomic E-state index is 0.753. The van der Waals surface area contributed by atoms with E-state index in [4.69, 9.17) is 16.2 Å². The molecule has 4 N–H and O–H groups in total. The van der Waals surface area contributed by atoms with E-state index in [0.29, 0.717) is 0 Å². The lowest BCUT2D eigenvalue weighted by Gasteiger charge is -2.07. The molecular formula is C12H20N2O. The fraction of sp³-hybridized carbons (Fsp3) is 0.500. The SMILES string of the molecule is Cc1cc(OCCCCCN)ccc1N. The van der Waals surface area contributed by atoms with E-state index in [2.05, 4.69) is 0 Å². The summed E-state index contributed by atoms with van der Waals surface area (Å²) in [4.78, 5) is 0. The first kappa shape index (κ1) is 11.9. The highest BCUT2D eigenvalue weighted by Crippen LogP contribution is 2.18. The molecule has 0 saturated heterocycles. The number of nitrogens with two attached hydrogens (primary N) is 2. The molecule has 0 unspecified atom stereocenters. The van der Waals surface area contributed by atoms with Crippen LogP contribution in [-0.2, 0) is 0 Å². The van der Waals surface area contributed by atoms with Crippen molar-refractivity contribution in [2.24, 2.45) is 5.73 Å². The normalized spacial score (nSPS) is 10.3. The molecule has 0 radical (unpaired) electrons. The van der Waals surface area contributed by atoms with Crippen molar-refractivity contribution in [3.8, 4) is 5.75 Å². The molecule has 3 heteroatoms. The van der Waals surface area contributed by atoms with Crippen molar-refractivity contribution in [1.29, 1.82) is 0 Å². The third-order valence-electron chi connectivity index (χ3n) is 2.36. The van der Waals surface area contributed by atoms with Gasteiger partial charge in [-0.2, -0.15) is 0 Å². The fourth-order valence-electron chi connectivity index (χ4n) is 1.35. The number of benzene rings is 1. The Hall–Kier alpha value is -1.22.